The standard InChI is InChI=1S/C23H28N4O2.ClH/c1-16(2)27(3)14-7-6-13-21(28)24-18-10-8-9-17(15-18)22-19-11-4-5-12-20(19)23(29)26-25-22;/h4-5,8-12,15-16H,6-7,13-14H2,1-3H3,(H,24,28)(H,26,29);1H. The Balaban J connectivity index is 0.00000320. The van der Waals surface area contributed by atoms with Crippen LogP contribution in [0.1, 0.15) is 33.1 Å². The van der Waals surface area contributed by atoms with Crippen LogP contribution in [0.3, 0.4) is 0 Å². The van der Waals surface area contributed by atoms with Crippen LogP contribution < -0.4 is 10.9 Å². The maximum absolute atomic E-state index is 12.3. The van der Waals surface area contributed by atoms with Gasteiger partial charge in [0.15, 0.2) is 0 Å². The minimum atomic E-state index is -0.211. The van der Waals surface area contributed by atoms with Gasteiger partial charge in [-0.3, -0.25) is 9.59 Å². The van der Waals surface area contributed by atoms with Gasteiger partial charge in [0, 0.05) is 29.1 Å². The first kappa shape index (κ1) is 23.6. The quantitative estimate of drug-likeness (QED) is 0.519. The van der Waals surface area contributed by atoms with Crippen LogP contribution in [0.4, 0.5) is 5.69 Å². The lowest BCUT2D eigenvalue weighted by molar-refractivity contribution is -0.116. The first-order valence-electron chi connectivity index (χ1n) is 10.0. The highest BCUT2D eigenvalue weighted by Gasteiger charge is 2.10. The number of hydrogen-bond acceptors (Lipinski definition) is 4. The Hall–Kier alpha value is -2.70. The van der Waals surface area contributed by atoms with Gasteiger partial charge < -0.3 is 10.2 Å². The van der Waals surface area contributed by atoms with Crippen molar-refractivity contribution in [3.63, 3.8) is 0 Å². The fourth-order valence-electron chi connectivity index (χ4n) is 3.21. The highest BCUT2D eigenvalue weighted by Crippen LogP contribution is 2.26. The molecule has 0 aliphatic heterocycles. The van der Waals surface area contributed by atoms with E-state index < -0.39 is 0 Å². The zero-order valence-electron chi connectivity index (χ0n) is 17.6. The van der Waals surface area contributed by atoms with Crippen molar-refractivity contribution < 1.29 is 4.79 Å². The monoisotopic (exact) mass is 428 g/mol. The molecule has 0 aliphatic carbocycles. The molecule has 6 nitrogen and oxygen atoms in total. The number of carbonyl (C=O) groups is 1. The number of aromatic nitrogens is 2. The minimum Gasteiger partial charge on any atom is -0.326 e. The van der Waals surface area contributed by atoms with E-state index >= 15 is 0 Å². The Morgan fingerprint density at radius 3 is 2.57 bits per heavy atom. The van der Waals surface area contributed by atoms with Gasteiger partial charge in [0.1, 0.15) is 0 Å². The van der Waals surface area contributed by atoms with Crippen LogP contribution >= 0.6 is 12.4 Å². The lowest BCUT2D eigenvalue weighted by Gasteiger charge is -2.20. The van der Waals surface area contributed by atoms with Gasteiger partial charge in [-0.15, -0.1) is 12.4 Å². The van der Waals surface area contributed by atoms with Gasteiger partial charge in [0.25, 0.3) is 5.56 Å². The van der Waals surface area contributed by atoms with Crippen LogP contribution in [0.2, 0.25) is 0 Å². The Morgan fingerprint density at radius 2 is 1.83 bits per heavy atom. The van der Waals surface area contributed by atoms with Gasteiger partial charge in [-0.2, -0.15) is 5.10 Å². The molecular weight excluding hydrogens is 400 g/mol. The van der Waals surface area contributed by atoms with Crippen molar-refractivity contribution >= 4 is 34.8 Å². The third-order valence-electron chi connectivity index (χ3n) is 5.16. The Labute approximate surface area is 183 Å². The number of hydrogen-bond donors (Lipinski definition) is 2. The largest absolute Gasteiger partial charge is 0.326 e. The molecule has 1 aromatic heterocycles. The molecule has 0 radical (unpaired) electrons. The molecule has 2 N–H and O–H groups in total. The molecule has 1 amide bonds. The van der Waals surface area contributed by atoms with Gasteiger partial charge in [-0.1, -0.05) is 30.3 Å². The summed E-state index contributed by atoms with van der Waals surface area (Å²) in [4.78, 5) is 26.6. The minimum absolute atomic E-state index is 0. The van der Waals surface area contributed by atoms with E-state index in [-0.39, 0.29) is 23.9 Å². The van der Waals surface area contributed by atoms with Gasteiger partial charge in [0.05, 0.1) is 11.1 Å². The normalized spacial score (nSPS) is 11.0. The molecule has 0 spiro atoms. The molecule has 7 heteroatoms. The number of fused-ring (bicyclic) bond motifs is 1. The van der Waals surface area contributed by atoms with Crippen LogP contribution in [-0.2, 0) is 4.79 Å². The highest BCUT2D eigenvalue weighted by atomic mass is 35.5. The van der Waals surface area contributed by atoms with Crippen molar-refractivity contribution in [3.05, 3.63) is 58.9 Å². The van der Waals surface area contributed by atoms with Crippen molar-refractivity contribution in [2.45, 2.75) is 39.2 Å². The summed E-state index contributed by atoms with van der Waals surface area (Å²) in [6, 6.07) is 15.4. The molecule has 2 aromatic carbocycles. The number of nitrogens with zero attached hydrogens (tertiary/aromatic N) is 2. The first-order chi connectivity index (χ1) is 14.0. The third kappa shape index (κ3) is 5.90. The van der Waals surface area contributed by atoms with Crippen LogP contribution in [0.25, 0.3) is 22.0 Å². The van der Waals surface area contributed by atoms with Gasteiger partial charge in [-0.25, -0.2) is 5.10 Å². The van der Waals surface area contributed by atoms with E-state index in [1.807, 2.05) is 42.5 Å². The van der Waals surface area contributed by atoms with E-state index in [0.29, 0.717) is 23.5 Å². The number of unbranched alkanes of at least 4 members (excludes halogenated alkanes) is 1. The number of benzene rings is 2. The summed E-state index contributed by atoms with van der Waals surface area (Å²) in [5.74, 6) is 0.00800. The van der Waals surface area contributed by atoms with Crippen molar-refractivity contribution in [1.29, 1.82) is 0 Å². The van der Waals surface area contributed by atoms with Crippen molar-refractivity contribution in [2.75, 3.05) is 18.9 Å². The van der Waals surface area contributed by atoms with E-state index in [1.54, 1.807) is 6.07 Å². The molecule has 3 aromatic rings. The lowest BCUT2D eigenvalue weighted by Crippen LogP contribution is -2.27. The molecule has 160 valence electrons. The molecule has 3 rings (SSSR count). The predicted molar refractivity (Wildman–Crippen MR) is 125 cm³/mol. The molecule has 0 fully saturated rings. The second-order valence-electron chi connectivity index (χ2n) is 7.61. The van der Waals surface area contributed by atoms with E-state index in [9.17, 15) is 9.59 Å². The molecule has 0 bridgehead atoms. The number of H-pyrrole nitrogens is 1. The number of halogens is 1. The summed E-state index contributed by atoms with van der Waals surface area (Å²) in [5.41, 5.74) is 2.04. The first-order valence-corrected chi connectivity index (χ1v) is 10.0. The van der Waals surface area contributed by atoms with Crippen molar-refractivity contribution in [3.8, 4) is 11.3 Å². The number of anilines is 1. The summed E-state index contributed by atoms with van der Waals surface area (Å²) < 4.78 is 0. The zero-order chi connectivity index (χ0) is 20.8. The number of amides is 1. The van der Waals surface area contributed by atoms with Crippen LogP contribution in [0, 0.1) is 0 Å². The van der Waals surface area contributed by atoms with E-state index in [4.69, 9.17) is 0 Å². The maximum Gasteiger partial charge on any atom is 0.272 e. The summed E-state index contributed by atoms with van der Waals surface area (Å²) in [7, 11) is 2.10. The Kier molecular flexibility index (Phi) is 8.57. The fraction of sp³-hybridized carbons (Fsp3) is 0.348. The van der Waals surface area contributed by atoms with Crippen LogP contribution in [0.5, 0.6) is 0 Å². The summed E-state index contributed by atoms with van der Waals surface area (Å²) in [6.07, 6.45) is 2.35. The third-order valence-corrected chi connectivity index (χ3v) is 5.16. The fourth-order valence-corrected chi connectivity index (χ4v) is 3.21. The Morgan fingerprint density at radius 1 is 1.10 bits per heavy atom. The highest BCUT2D eigenvalue weighted by molar-refractivity contribution is 5.95. The predicted octanol–water partition coefficient (Wildman–Crippen LogP) is 4.46. The summed E-state index contributed by atoms with van der Waals surface area (Å²) >= 11 is 0. The van der Waals surface area contributed by atoms with Gasteiger partial charge in [-0.05, 0) is 58.5 Å². The molecule has 0 unspecified atom stereocenters. The number of aromatic amines is 1. The van der Waals surface area contributed by atoms with Gasteiger partial charge >= 0.3 is 0 Å². The van der Waals surface area contributed by atoms with Crippen LogP contribution in [-0.4, -0.2) is 40.6 Å². The molecular formula is C23H29ClN4O2. The lowest BCUT2D eigenvalue weighted by atomic mass is 10.0. The number of carbonyl (C=O) groups excluding carboxylic acids is 1. The molecule has 30 heavy (non-hydrogen) atoms. The number of rotatable bonds is 8. The molecule has 0 saturated heterocycles. The summed E-state index contributed by atoms with van der Waals surface area (Å²) in [6.45, 7) is 5.33. The average Bonchev–Trinajstić information content (AvgIpc) is 2.71. The molecule has 1 heterocycles. The van der Waals surface area contributed by atoms with Crippen LogP contribution in [0.15, 0.2) is 53.3 Å². The van der Waals surface area contributed by atoms with Gasteiger partial charge in [0.2, 0.25) is 5.91 Å². The SMILES string of the molecule is CC(C)N(C)CCCCC(=O)Nc1cccc(-c2n[nH]c(=O)c3ccccc23)c1.Cl. The zero-order valence-corrected chi connectivity index (χ0v) is 18.5. The second kappa shape index (κ2) is 10.9. The average molecular weight is 429 g/mol. The van der Waals surface area contributed by atoms with Crippen molar-refractivity contribution in [1.82, 2.24) is 15.1 Å². The van der Waals surface area contributed by atoms with E-state index in [1.165, 1.54) is 0 Å². The Bertz CT molecular complexity index is 1050. The molecule has 0 aliphatic rings. The van der Waals surface area contributed by atoms with E-state index in [2.05, 4.69) is 41.3 Å². The maximum atomic E-state index is 12.3. The van der Waals surface area contributed by atoms with Crippen molar-refractivity contribution in [2.24, 2.45) is 0 Å². The molecule has 0 atom stereocenters. The second-order valence-corrected chi connectivity index (χ2v) is 7.61. The topological polar surface area (TPSA) is 78.1 Å². The molecule has 0 saturated carbocycles. The summed E-state index contributed by atoms with van der Waals surface area (Å²) in [5, 5.41) is 11.1. The number of nitrogens with one attached hydrogen (secondary N) is 2. The smallest absolute Gasteiger partial charge is 0.272 e. The van der Waals surface area contributed by atoms with E-state index in [0.717, 1.165) is 36.0 Å².